The van der Waals surface area contributed by atoms with Gasteiger partial charge >= 0.3 is 7.12 Å². The van der Waals surface area contributed by atoms with Crippen molar-refractivity contribution in [1.29, 1.82) is 0 Å². The molecule has 0 radical (unpaired) electrons. The third-order valence-electron chi connectivity index (χ3n) is 1.90. The summed E-state index contributed by atoms with van der Waals surface area (Å²) >= 11 is 0. The number of hydrogen-bond acceptors (Lipinski definition) is 3. The van der Waals surface area contributed by atoms with Crippen LogP contribution in [0.4, 0.5) is 0 Å². The van der Waals surface area contributed by atoms with Gasteiger partial charge in [0.05, 0.1) is 18.0 Å². The Morgan fingerprint density at radius 2 is 2.23 bits per heavy atom. The van der Waals surface area contributed by atoms with Gasteiger partial charge in [-0.1, -0.05) is 12.7 Å². The van der Waals surface area contributed by atoms with E-state index in [2.05, 4.69) is 6.58 Å². The molecule has 1 heterocycles. The summed E-state index contributed by atoms with van der Waals surface area (Å²) in [7, 11) is -0.475. The van der Waals surface area contributed by atoms with Crippen LogP contribution < -0.4 is 0 Å². The maximum Gasteiger partial charge on any atom is 0.497 e. The number of allylic oxidation sites excluding steroid dienone is 3. The quantitative estimate of drug-likeness (QED) is 0.402. The van der Waals surface area contributed by atoms with Gasteiger partial charge in [0.15, 0.2) is 0 Å². The molecule has 0 aromatic heterocycles. The van der Waals surface area contributed by atoms with Gasteiger partial charge in [0.2, 0.25) is 0 Å². The van der Waals surface area contributed by atoms with Crippen molar-refractivity contribution >= 4 is 7.12 Å². The van der Waals surface area contributed by atoms with Crippen molar-refractivity contribution in [2.45, 2.75) is 26.4 Å². The Balaban J connectivity index is 2.76. The average molecular weight is 182 g/mol. The molecule has 1 fully saturated rings. The number of aliphatic hydroxyl groups excluding tert-OH is 1. The van der Waals surface area contributed by atoms with Crippen LogP contribution in [0.1, 0.15) is 20.8 Å². The third-order valence-corrected chi connectivity index (χ3v) is 1.90. The highest BCUT2D eigenvalue weighted by atomic mass is 16.7. The molecule has 0 aliphatic carbocycles. The molecule has 0 unspecified atom stereocenters. The molecule has 1 aliphatic heterocycles. The molecule has 0 aromatic carbocycles. The summed E-state index contributed by atoms with van der Waals surface area (Å²) in [6, 6.07) is 0. The van der Waals surface area contributed by atoms with Crippen molar-refractivity contribution < 1.29 is 14.4 Å². The van der Waals surface area contributed by atoms with Gasteiger partial charge in [-0.25, -0.2) is 0 Å². The lowest BCUT2D eigenvalue weighted by atomic mass is 9.77. The van der Waals surface area contributed by atoms with E-state index in [0.29, 0.717) is 12.1 Å². The molecular formula is C9H15BO3. The second-order valence-corrected chi connectivity index (χ2v) is 3.77. The number of hydrogen-bond donors (Lipinski definition) is 1. The minimum atomic E-state index is -0.475. The second-order valence-electron chi connectivity index (χ2n) is 3.77. The van der Waals surface area contributed by atoms with Crippen LogP contribution in [-0.2, 0) is 9.31 Å². The molecule has 0 saturated carbocycles. The molecule has 13 heavy (non-hydrogen) atoms. The molecule has 1 aliphatic rings. The average Bonchev–Trinajstić information content (AvgIpc) is 2.31. The first kappa shape index (κ1) is 10.3. The first-order valence-electron chi connectivity index (χ1n) is 4.28. The summed E-state index contributed by atoms with van der Waals surface area (Å²) in [4.78, 5) is 0. The summed E-state index contributed by atoms with van der Waals surface area (Å²) in [5, 5.41) is 9.29. The Labute approximate surface area is 79.2 Å². The van der Waals surface area contributed by atoms with Gasteiger partial charge in [0.25, 0.3) is 0 Å². The van der Waals surface area contributed by atoms with Crippen molar-refractivity contribution in [3.63, 3.8) is 0 Å². The SMILES string of the molecule is C=C/C(B1OCC(C)(C)O1)=C(\C)O. The molecule has 0 atom stereocenters. The topological polar surface area (TPSA) is 38.7 Å². The van der Waals surface area contributed by atoms with Crippen molar-refractivity contribution in [1.82, 2.24) is 0 Å². The van der Waals surface area contributed by atoms with E-state index in [1.54, 1.807) is 13.0 Å². The van der Waals surface area contributed by atoms with E-state index in [-0.39, 0.29) is 11.4 Å². The predicted octanol–water partition coefficient (Wildman–Crippen LogP) is 1.86. The monoisotopic (exact) mass is 182 g/mol. The van der Waals surface area contributed by atoms with Crippen LogP contribution in [0.25, 0.3) is 0 Å². The molecule has 0 amide bonds. The van der Waals surface area contributed by atoms with Crippen LogP contribution in [0.15, 0.2) is 23.9 Å². The summed E-state index contributed by atoms with van der Waals surface area (Å²) in [6.07, 6.45) is 1.56. The van der Waals surface area contributed by atoms with E-state index in [0.717, 1.165) is 0 Å². The smallest absolute Gasteiger partial charge is 0.497 e. The molecular weight excluding hydrogens is 167 g/mol. The summed E-state index contributed by atoms with van der Waals surface area (Å²) in [6.45, 7) is 9.61. The van der Waals surface area contributed by atoms with Gasteiger partial charge in [0, 0.05) is 5.47 Å². The highest BCUT2D eigenvalue weighted by Gasteiger charge is 2.39. The second kappa shape index (κ2) is 3.56. The normalized spacial score (nSPS) is 22.8. The maximum atomic E-state index is 9.29. The molecule has 0 spiro atoms. The zero-order valence-electron chi connectivity index (χ0n) is 8.33. The van der Waals surface area contributed by atoms with Crippen LogP contribution in [-0.4, -0.2) is 24.4 Å². The van der Waals surface area contributed by atoms with E-state index < -0.39 is 7.12 Å². The molecule has 0 aromatic rings. The standard InChI is InChI=1S/C9H15BO3/c1-5-8(7(2)11)10-12-6-9(3,4)13-10/h5,11H,1,6H2,2-4H3/b8-7-. The Hall–Kier alpha value is -0.735. The van der Waals surface area contributed by atoms with E-state index in [4.69, 9.17) is 9.31 Å². The van der Waals surface area contributed by atoms with Gasteiger partial charge in [-0.05, 0) is 20.8 Å². The van der Waals surface area contributed by atoms with Crippen molar-refractivity contribution in [3.8, 4) is 0 Å². The summed E-state index contributed by atoms with van der Waals surface area (Å²) in [5.41, 5.74) is 0.319. The molecule has 1 N–H and O–H groups in total. The molecule has 1 rings (SSSR count). The molecule has 1 saturated heterocycles. The van der Waals surface area contributed by atoms with Crippen molar-refractivity contribution in [2.75, 3.05) is 6.61 Å². The predicted molar refractivity (Wildman–Crippen MR) is 52.4 cm³/mol. The fourth-order valence-corrected chi connectivity index (χ4v) is 1.20. The van der Waals surface area contributed by atoms with Crippen LogP contribution in [0.2, 0.25) is 0 Å². The zero-order valence-corrected chi connectivity index (χ0v) is 8.33. The first-order valence-corrected chi connectivity index (χ1v) is 4.28. The Kier molecular flexibility index (Phi) is 2.83. The minimum absolute atomic E-state index is 0.192. The fraction of sp³-hybridized carbons (Fsp3) is 0.556. The Morgan fingerprint density at radius 3 is 2.54 bits per heavy atom. The lowest BCUT2D eigenvalue weighted by Gasteiger charge is -2.15. The summed E-state index contributed by atoms with van der Waals surface area (Å²) in [5.74, 6) is 0.192. The van der Waals surface area contributed by atoms with Crippen LogP contribution in [0, 0.1) is 0 Å². The number of rotatable bonds is 2. The van der Waals surface area contributed by atoms with Crippen LogP contribution in [0.3, 0.4) is 0 Å². The highest BCUT2D eigenvalue weighted by Crippen LogP contribution is 2.24. The molecule has 4 heteroatoms. The number of aliphatic hydroxyl groups is 1. The van der Waals surface area contributed by atoms with E-state index in [1.807, 2.05) is 13.8 Å². The molecule has 72 valence electrons. The van der Waals surface area contributed by atoms with Crippen molar-refractivity contribution in [2.24, 2.45) is 0 Å². The fourth-order valence-electron chi connectivity index (χ4n) is 1.20. The van der Waals surface area contributed by atoms with E-state index >= 15 is 0 Å². The third kappa shape index (κ3) is 2.35. The van der Waals surface area contributed by atoms with Gasteiger partial charge in [0.1, 0.15) is 0 Å². The van der Waals surface area contributed by atoms with Gasteiger partial charge in [-0.3, -0.25) is 0 Å². The largest absolute Gasteiger partial charge is 0.513 e. The minimum Gasteiger partial charge on any atom is -0.513 e. The van der Waals surface area contributed by atoms with Gasteiger partial charge < -0.3 is 14.4 Å². The van der Waals surface area contributed by atoms with E-state index in [9.17, 15) is 5.11 Å². The highest BCUT2D eigenvalue weighted by molar-refractivity contribution is 6.55. The van der Waals surface area contributed by atoms with Gasteiger partial charge in [-0.2, -0.15) is 0 Å². The Bertz CT molecular complexity index is 241. The first-order chi connectivity index (χ1) is 5.96. The summed E-state index contributed by atoms with van der Waals surface area (Å²) < 4.78 is 10.9. The van der Waals surface area contributed by atoms with Crippen LogP contribution >= 0.6 is 0 Å². The molecule has 3 nitrogen and oxygen atoms in total. The zero-order chi connectivity index (χ0) is 10.1. The molecule has 0 bridgehead atoms. The van der Waals surface area contributed by atoms with E-state index in [1.165, 1.54) is 0 Å². The van der Waals surface area contributed by atoms with Gasteiger partial charge in [-0.15, -0.1) is 0 Å². The maximum absolute atomic E-state index is 9.29. The van der Waals surface area contributed by atoms with Crippen LogP contribution in [0.5, 0.6) is 0 Å². The Morgan fingerprint density at radius 1 is 1.62 bits per heavy atom. The van der Waals surface area contributed by atoms with Crippen molar-refractivity contribution in [3.05, 3.63) is 23.9 Å². The lowest BCUT2D eigenvalue weighted by molar-refractivity contribution is 0.136. The lowest BCUT2D eigenvalue weighted by Crippen LogP contribution is -2.26.